The molecule has 3 nitrogen and oxygen atoms in total. The van der Waals surface area contributed by atoms with Gasteiger partial charge in [0.15, 0.2) is 0 Å². The van der Waals surface area contributed by atoms with Crippen molar-refractivity contribution in [2.75, 3.05) is 6.61 Å². The molecule has 11 heavy (non-hydrogen) atoms. The molecule has 0 aliphatic carbocycles. The summed E-state index contributed by atoms with van der Waals surface area (Å²) in [5, 5.41) is 8.27. The summed E-state index contributed by atoms with van der Waals surface area (Å²) in [6.45, 7) is 5.31. The molecule has 0 radical (unpaired) electrons. The van der Waals surface area contributed by atoms with Crippen LogP contribution in [0.2, 0.25) is 0 Å². The first kappa shape index (κ1) is 10.2. The Kier molecular flexibility index (Phi) is 5.47. The van der Waals surface area contributed by atoms with Gasteiger partial charge in [-0.3, -0.25) is 0 Å². The molecule has 0 aromatic rings. The summed E-state index contributed by atoms with van der Waals surface area (Å²) < 4.78 is 4.98. The minimum atomic E-state index is -0.937. The fourth-order valence-corrected chi connectivity index (χ4v) is 0.732. The Hall–Kier alpha value is -0.830. The van der Waals surface area contributed by atoms with Gasteiger partial charge < -0.3 is 9.84 Å². The van der Waals surface area contributed by atoms with Crippen LogP contribution in [0.25, 0.3) is 0 Å². The molecule has 0 aliphatic heterocycles. The zero-order chi connectivity index (χ0) is 8.69. The predicted molar refractivity (Wildman–Crippen MR) is 42.5 cm³/mol. The molecule has 0 bridgehead atoms. The Morgan fingerprint density at radius 2 is 2.45 bits per heavy atom. The maximum atomic E-state index is 10.1. The van der Waals surface area contributed by atoms with Crippen LogP contribution in [0, 0.1) is 0 Å². The van der Waals surface area contributed by atoms with E-state index in [-0.39, 0.29) is 12.7 Å². The zero-order valence-corrected chi connectivity index (χ0v) is 6.75. The van der Waals surface area contributed by atoms with Crippen LogP contribution in [-0.2, 0) is 9.53 Å². The van der Waals surface area contributed by atoms with Gasteiger partial charge in [-0.1, -0.05) is 19.4 Å². The third-order valence-electron chi connectivity index (χ3n) is 1.26. The Bertz CT molecular complexity index is 131. The molecule has 0 rings (SSSR count). The van der Waals surface area contributed by atoms with Crippen LogP contribution in [0.3, 0.4) is 0 Å². The lowest BCUT2D eigenvalue weighted by atomic mass is 10.2. The SMILES string of the molecule is C=CC(CCC)OCC(=O)O. The van der Waals surface area contributed by atoms with Gasteiger partial charge in [0.25, 0.3) is 0 Å². The number of hydrogen-bond donors (Lipinski definition) is 1. The predicted octanol–water partition coefficient (Wildman–Crippen LogP) is 1.44. The minimum absolute atomic E-state index is 0.115. The minimum Gasteiger partial charge on any atom is -0.480 e. The van der Waals surface area contributed by atoms with Gasteiger partial charge in [-0.15, -0.1) is 6.58 Å². The standard InChI is InChI=1S/C8H14O3/c1-3-5-7(4-2)11-6-8(9)10/h4,7H,2-3,5-6H2,1H3,(H,9,10). The van der Waals surface area contributed by atoms with Crippen LogP contribution >= 0.6 is 0 Å². The summed E-state index contributed by atoms with van der Waals surface area (Å²) in [6, 6.07) is 0. The highest BCUT2D eigenvalue weighted by Crippen LogP contribution is 2.02. The molecule has 1 unspecified atom stereocenters. The van der Waals surface area contributed by atoms with Crippen molar-refractivity contribution < 1.29 is 14.6 Å². The van der Waals surface area contributed by atoms with E-state index in [1.165, 1.54) is 0 Å². The van der Waals surface area contributed by atoms with E-state index in [9.17, 15) is 4.79 Å². The maximum absolute atomic E-state index is 10.1. The average molecular weight is 158 g/mol. The van der Waals surface area contributed by atoms with Gasteiger partial charge >= 0.3 is 5.97 Å². The molecular formula is C8H14O3. The molecule has 0 fully saturated rings. The van der Waals surface area contributed by atoms with Gasteiger partial charge in [0, 0.05) is 0 Å². The molecule has 0 aromatic carbocycles. The first-order valence-corrected chi connectivity index (χ1v) is 3.66. The Labute approximate surface area is 66.7 Å². The van der Waals surface area contributed by atoms with Crippen molar-refractivity contribution >= 4 is 5.97 Å². The zero-order valence-electron chi connectivity index (χ0n) is 6.75. The van der Waals surface area contributed by atoms with Gasteiger partial charge in [-0.05, 0) is 6.42 Å². The van der Waals surface area contributed by atoms with Crippen molar-refractivity contribution in [2.24, 2.45) is 0 Å². The fourth-order valence-electron chi connectivity index (χ4n) is 0.732. The van der Waals surface area contributed by atoms with E-state index >= 15 is 0 Å². The molecule has 0 aliphatic rings. The van der Waals surface area contributed by atoms with Crippen LogP contribution in [0.4, 0.5) is 0 Å². The molecule has 3 heteroatoms. The summed E-state index contributed by atoms with van der Waals surface area (Å²) in [5.41, 5.74) is 0. The summed E-state index contributed by atoms with van der Waals surface area (Å²) in [7, 11) is 0. The largest absolute Gasteiger partial charge is 0.480 e. The number of aliphatic carboxylic acids is 1. The Balaban J connectivity index is 3.51. The molecule has 0 heterocycles. The molecule has 64 valence electrons. The highest BCUT2D eigenvalue weighted by Gasteiger charge is 2.04. The molecule has 1 N–H and O–H groups in total. The van der Waals surface area contributed by atoms with Gasteiger partial charge in [0.05, 0.1) is 6.10 Å². The number of ether oxygens (including phenoxy) is 1. The van der Waals surface area contributed by atoms with Crippen molar-refractivity contribution in [1.29, 1.82) is 0 Å². The fraction of sp³-hybridized carbons (Fsp3) is 0.625. The topological polar surface area (TPSA) is 46.5 Å². The van der Waals surface area contributed by atoms with Gasteiger partial charge in [-0.2, -0.15) is 0 Å². The molecule has 0 aromatic heterocycles. The van der Waals surface area contributed by atoms with Crippen molar-refractivity contribution in [2.45, 2.75) is 25.9 Å². The Morgan fingerprint density at radius 3 is 2.82 bits per heavy atom. The van der Waals surface area contributed by atoms with Crippen molar-refractivity contribution in [1.82, 2.24) is 0 Å². The van der Waals surface area contributed by atoms with E-state index in [0.29, 0.717) is 0 Å². The number of hydrogen-bond acceptors (Lipinski definition) is 2. The highest BCUT2D eigenvalue weighted by atomic mass is 16.5. The number of rotatable bonds is 6. The molecule has 0 saturated carbocycles. The first-order chi connectivity index (χ1) is 5.20. The van der Waals surface area contributed by atoms with E-state index < -0.39 is 5.97 Å². The van der Waals surface area contributed by atoms with E-state index in [0.717, 1.165) is 12.8 Å². The number of carbonyl (C=O) groups is 1. The van der Waals surface area contributed by atoms with Gasteiger partial charge in [0.2, 0.25) is 0 Å². The lowest BCUT2D eigenvalue weighted by Gasteiger charge is -2.09. The van der Waals surface area contributed by atoms with Crippen LogP contribution in [-0.4, -0.2) is 23.8 Å². The van der Waals surface area contributed by atoms with Crippen LogP contribution in [0.15, 0.2) is 12.7 Å². The monoisotopic (exact) mass is 158 g/mol. The van der Waals surface area contributed by atoms with E-state index in [2.05, 4.69) is 6.58 Å². The van der Waals surface area contributed by atoms with Crippen LogP contribution in [0.5, 0.6) is 0 Å². The van der Waals surface area contributed by atoms with Crippen LogP contribution < -0.4 is 0 Å². The third-order valence-corrected chi connectivity index (χ3v) is 1.26. The molecule has 0 saturated heterocycles. The van der Waals surface area contributed by atoms with Crippen molar-refractivity contribution in [3.63, 3.8) is 0 Å². The lowest BCUT2D eigenvalue weighted by molar-refractivity contribution is -0.143. The third kappa shape index (κ3) is 5.61. The van der Waals surface area contributed by atoms with E-state index in [1.54, 1.807) is 6.08 Å². The summed E-state index contributed by atoms with van der Waals surface area (Å²) in [6.07, 6.45) is 3.32. The molecule has 0 spiro atoms. The lowest BCUT2D eigenvalue weighted by Crippen LogP contribution is -2.15. The second-order valence-corrected chi connectivity index (χ2v) is 2.27. The Morgan fingerprint density at radius 1 is 1.82 bits per heavy atom. The summed E-state index contributed by atoms with van der Waals surface area (Å²) in [5.74, 6) is -0.937. The van der Waals surface area contributed by atoms with Crippen molar-refractivity contribution in [3.8, 4) is 0 Å². The molecule has 0 amide bonds. The second kappa shape index (κ2) is 5.92. The first-order valence-electron chi connectivity index (χ1n) is 3.66. The number of carboxylic acid groups (broad SMARTS) is 1. The molecular weight excluding hydrogens is 144 g/mol. The van der Waals surface area contributed by atoms with Gasteiger partial charge in [0.1, 0.15) is 6.61 Å². The second-order valence-electron chi connectivity index (χ2n) is 2.27. The highest BCUT2D eigenvalue weighted by molar-refractivity contribution is 5.68. The average Bonchev–Trinajstić information content (AvgIpc) is 1.97. The number of carboxylic acids is 1. The summed E-state index contributed by atoms with van der Waals surface area (Å²) in [4.78, 5) is 10.1. The summed E-state index contributed by atoms with van der Waals surface area (Å²) >= 11 is 0. The van der Waals surface area contributed by atoms with Crippen molar-refractivity contribution in [3.05, 3.63) is 12.7 Å². The maximum Gasteiger partial charge on any atom is 0.329 e. The smallest absolute Gasteiger partial charge is 0.329 e. The quantitative estimate of drug-likeness (QED) is 0.595. The van der Waals surface area contributed by atoms with E-state index in [1.807, 2.05) is 6.92 Å². The molecule has 1 atom stereocenters. The van der Waals surface area contributed by atoms with E-state index in [4.69, 9.17) is 9.84 Å². The van der Waals surface area contributed by atoms with Gasteiger partial charge in [-0.25, -0.2) is 4.79 Å². The van der Waals surface area contributed by atoms with Crippen LogP contribution in [0.1, 0.15) is 19.8 Å². The normalized spacial score (nSPS) is 12.5.